The van der Waals surface area contributed by atoms with Crippen molar-refractivity contribution in [3.63, 3.8) is 0 Å². The van der Waals surface area contributed by atoms with E-state index in [9.17, 15) is 5.11 Å². The summed E-state index contributed by atoms with van der Waals surface area (Å²) in [5, 5.41) is 10.4. The molecule has 0 atom stereocenters. The molecule has 1 aromatic carbocycles. The molecule has 1 aromatic rings. The predicted octanol–water partition coefficient (Wildman–Crippen LogP) is 4.57. The van der Waals surface area contributed by atoms with Crippen LogP contribution in [0.3, 0.4) is 0 Å². The Morgan fingerprint density at radius 3 is 2.54 bits per heavy atom. The highest BCUT2D eigenvalue weighted by molar-refractivity contribution is 5.87. The average Bonchev–Trinajstić information content (AvgIpc) is 3.14. The minimum Gasteiger partial charge on any atom is -0.504 e. The lowest BCUT2D eigenvalue weighted by Gasteiger charge is -2.41. The molecule has 1 N–H and O–H groups in total. The van der Waals surface area contributed by atoms with Crippen molar-refractivity contribution in [2.24, 2.45) is 4.99 Å². The second-order valence-electron chi connectivity index (χ2n) is 8.09. The number of aliphatic hydroxyl groups is 1. The molecular weight excluding hydrogens is 322 g/mol. The Kier molecular flexibility index (Phi) is 4.51. The summed E-state index contributed by atoms with van der Waals surface area (Å²) >= 11 is 0. The summed E-state index contributed by atoms with van der Waals surface area (Å²) in [5.41, 5.74) is 2.52. The second kappa shape index (κ2) is 6.82. The third-order valence-electron chi connectivity index (χ3n) is 6.18. The molecule has 26 heavy (non-hydrogen) atoms. The predicted molar refractivity (Wildman–Crippen MR) is 106 cm³/mol. The Bertz CT molecular complexity index is 742. The molecule has 1 saturated carbocycles. The number of hydrogen-bond acceptors (Lipinski definition) is 4. The van der Waals surface area contributed by atoms with Gasteiger partial charge in [0.1, 0.15) is 11.5 Å². The van der Waals surface area contributed by atoms with E-state index in [1.807, 2.05) is 0 Å². The molecule has 4 heteroatoms. The van der Waals surface area contributed by atoms with Crippen LogP contribution < -0.4 is 0 Å². The molecule has 3 aliphatic rings. The molecule has 0 saturated heterocycles. The van der Waals surface area contributed by atoms with Gasteiger partial charge in [-0.15, -0.1) is 0 Å². The largest absolute Gasteiger partial charge is 0.504 e. The van der Waals surface area contributed by atoms with Crippen molar-refractivity contribution < 1.29 is 5.11 Å². The SMILES string of the molecule is CC(C)N1C=C2C(O)=CN=C(CC3(c4ccccc4)CCCC3)N2CC1. The topological polar surface area (TPSA) is 39.1 Å². The number of hydrogen-bond donors (Lipinski definition) is 1. The molecule has 2 aliphatic heterocycles. The summed E-state index contributed by atoms with van der Waals surface area (Å²) in [6, 6.07) is 11.4. The fourth-order valence-electron chi connectivity index (χ4n) is 4.63. The molecular formula is C22H29N3O. The first-order valence-electron chi connectivity index (χ1n) is 9.86. The summed E-state index contributed by atoms with van der Waals surface area (Å²) in [6.07, 6.45) is 9.68. The number of rotatable bonds is 4. The van der Waals surface area contributed by atoms with E-state index in [4.69, 9.17) is 0 Å². The van der Waals surface area contributed by atoms with Gasteiger partial charge >= 0.3 is 0 Å². The van der Waals surface area contributed by atoms with Crippen LogP contribution in [-0.4, -0.2) is 39.9 Å². The molecule has 138 valence electrons. The highest BCUT2D eigenvalue weighted by Gasteiger charge is 2.39. The van der Waals surface area contributed by atoms with Gasteiger partial charge in [0.25, 0.3) is 0 Å². The number of aliphatic hydroxyl groups excluding tert-OH is 1. The molecule has 4 rings (SSSR count). The van der Waals surface area contributed by atoms with Crippen LogP contribution in [0, 0.1) is 0 Å². The average molecular weight is 351 g/mol. The van der Waals surface area contributed by atoms with Crippen LogP contribution in [-0.2, 0) is 5.41 Å². The van der Waals surface area contributed by atoms with Gasteiger partial charge < -0.3 is 14.9 Å². The maximum absolute atomic E-state index is 10.4. The third kappa shape index (κ3) is 3.02. The molecule has 1 aliphatic carbocycles. The molecule has 0 spiro atoms. The molecule has 4 nitrogen and oxygen atoms in total. The molecule has 0 unspecified atom stereocenters. The Balaban J connectivity index is 1.65. The van der Waals surface area contributed by atoms with Gasteiger partial charge in [-0.25, -0.2) is 4.99 Å². The van der Waals surface area contributed by atoms with E-state index < -0.39 is 0 Å². The van der Waals surface area contributed by atoms with E-state index in [0.29, 0.717) is 6.04 Å². The van der Waals surface area contributed by atoms with Crippen LogP contribution in [0.25, 0.3) is 0 Å². The van der Waals surface area contributed by atoms with E-state index in [1.54, 1.807) is 6.20 Å². The van der Waals surface area contributed by atoms with Gasteiger partial charge in [-0.1, -0.05) is 43.2 Å². The summed E-state index contributed by atoms with van der Waals surface area (Å²) in [6.45, 7) is 6.22. The monoisotopic (exact) mass is 351 g/mol. The lowest BCUT2D eigenvalue weighted by atomic mass is 9.75. The second-order valence-corrected chi connectivity index (χ2v) is 8.09. The van der Waals surface area contributed by atoms with E-state index in [0.717, 1.165) is 31.0 Å². The summed E-state index contributed by atoms with van der Waals surface area (Å²) < 4.78 is 0. The fourth-order valence-corrected chi connectivity index (χ4v) is 4.63. The van der Waals surface area contributed by atoms with Gasteiger partial charge in [-0.2, -0.15) is 0 Å². The van der Waals surface area contributed by atoms with Crippen LogP contribution in [0.5, 0.6) is 0 Å². The van der Waals surface area contributed by atoms with Crippen LogP contribution in [0.1, 0.15) is 51.5 Å². The van der Waals surface area contributed by atoms with E-state index in [2.05, 4.69) is 65.2 Å². The number of amidine groups is 1. The maximum atomic E-state index is 10.4. The first-order valence-corrected chi connectivity index (χ1v) is 9.86. The molecule has 1 fully saturated rings. The van der Waals surface area contributed by atoms with Crippen LogP contribution in [0.4, 0.5) is 0 Å². The standard InChI is InChI=1S/C22H29N3O/c1-17(2)24-12-13-25-19(16-24)20(26)15-23-21(25)14-22(10-6-7-11-22)18-8-4-3-5-9-18/h3-5,8-9,15-17,26H,6-7,10-14H2,1-2H3. The first kappa shape index (κ1) is 17.2. The zero-order valence-corrected chi connectivity index (χ0v) is 15.9. The lowest BCUT2D eigenvalue weighted by molar-refractivity contribution is 0.239. The molecule has 0 bridgehead atoms. The van der Waals surface area contributed by atoms with Crippen molar-refractivity contribution in [3.8, 4) is 0 Å². The van der Waals surface area contributed by atoms with E-state index >= 15 is 0 Å². The van der Waals surface area contributed by atoms with Crippen molar-refractivity contribution >= 4 is 5.84 Å². The summed E-state index contributed by atoms with van der Waals surface area (Å²) in [4.78, 5) is 9.20. The summed E-state index contributed by atoms with van der Waals surface area (Å²) in [5.74, 6) is 1.38. The van der Waals surface area contributed by atoms with Gasteiger partial charge in [0, 0.05) is 37.2 Å². The number of fused-ring (bicyclic) bond motifs is 1. The van der Waals surface area contributed by atoms with Gasteiger partial charge in [-0.3, -0.25) is 0 Å². The van der Waals surface area contributed by atoms with E-state index in [-0.39, 0.29) is 11.2 Å². The number of benzene rings is 1. The Morgan fingerprint density at radius 1 is 1.12 bits per heavy atom. The van der Waals surface area contributed by atoms with Crippen LogP contribution in [0.2, 0.25) is 0 Å². The fraction of sp³-hybridized carbons (Fsp3) is 0.500. The highest BCUT2D eigenvalue weighted by Crippen LogP contribution is 2.45. The van der Waals surface area contributed by atoms with Crippen LogP contribution >= 0.6 is 0 Å². The normalized spacial score (nSPS) is 22.0. The van der Waals surface area contributed by atoms with Gasteiger partial charge in [0.15, 0.2) is 5.76 Å². The zero-order chi connectivity index (χ0) is 18.1. The van der Waals surface area contributed by atoms with Gasteiger partial charge in [0.2, 0.25) is 0 Å². The molecule has 0 amide bonds. The molecule has 0 aromatic heterocycles. The maximum Gasteiger partial charge on any atom is 0.159 e. The van der Waals surface area contributed by atoms with Crippen molar-refractivity contribution in [1.29, 1.82) is 0 Å². The highest BCUT2D eigenvalue weighted by atomic mass is 16.3. The van der Waals surface area contributed by atoms with Gasteiger partial charge in [-0.05, 0) is 32.3 Å². The first-order chi connectivity index (χ1) is 12.6. The Morgan fingerprint density at radius 2 is 1.85 bits per heavy atom. The zero-order valence-electron chi connectivity index (χ0n) is 15.9. The number of nitrogens with zero attached hydrogens (tertiary/aromatic N) is 3. The van der Waals surface area contributed by atoms with Crippen molar-refractivity contribution in [2.45, 2.75) is 57.4 Å². The van der Waals surface area contributed by atoms with Gasteiger partial charge in [0.05, 0.1) is 6.20 Å². The minimum absolute atomic E-state index is 0.182. The van der Waals surface area contributed by atoms with Crippen molar-refractivity contribution in [1.82, 2.24) is 9.80 Å². The molecule has 0 radical (unpaired) electrons. The minimum atomic E-state index is 0.182. The smallest absolute Gasteiger partial charge is 0.159 e. The quantitative estimate of drug-likeness (QED) is 0.864. The Hall–Kier alpha value is -2.23. The van der Waals surface area contributed by atoms with Crippen LogP contribution in [0.15, 0.2) is 59.2 Å². The molecule has 2 heterocycles. The number of aliphatic imine (C=N–C) groups is 1. The lowest BCUT2D eigenvalue weighted by Crippen LogP contribution is -2.46. The third-order valence-corrected chi connectivity index (χ3v) is 6.18. The Labute approximate surface area is 156 Å². The van der Waals surface area contributed by atoms with Crippen molar-refractivity contribution in [2.75, 3.05) is 13.1 Å². The van der Waals surface area contributed by atoms with Crippen molar-refractivity contribution in [3.05, 3.63) is 59.8 Å². The summed E-state index contributed by atoms with van der Waals surface area (Å²) in [7, 11) is 0. The van der Waals surface area contributed by atoms with E-state index in [1.165, 1.54) is 31.2 Å².